The highest BCUT2D eigenvalue weighted by Gasteiger charge is 2.30. The zero-order chi connectivity index (χ0) is 22.0. The number of fused-ring (bicyclic) bond motifs is 1. The van der Waals surface area contributed by atoms with Crippen molar-refractivity contribution >= 4 is 23.0 Å². The summed E-state index contributed by atoms with van der Waals surface area (Å²) >= 11 is 0. The van der Waals surface area contributed by atoms with Crippen LogP contribution in [0.15, 0.2) is 54.9 Å². The quantitative estimate of drug-likeness (QED) is 0.416. The molecule has 0 saturated carbocycles. The smallest absolute Gasteiger partial charge is 0.416 e. The molecule has 0 radical (unpaired) electrons. The standard InChI is InChI=1S/C21H16F3N5O2/c22-21(23,24)15-5-6-16-17(9-15)29-19(28-16)13-3-1-12(2-4-13)14-10-26-20(27-11-14)25-8-7-18(30)31/h1-6,9-11H,7-8H2,(H,28,29)(H,30,31)(H,25,26,27). The molecule has 0 spiro atoms. The van der Waals surface area contributed by atoms with Crippen molar-refractivity contribution in [3.8, 4) is 22.5 Å². The van der Waals surface area contributed by atoms with Gasteiger partial charge < -0.3 is 15.4 Å². The number of carbonyl (C=O) groups is 1. The molecule has 2 aromatic carbocycles. The van der Waals surface area contributed by atoms with E-state index in [0.717, 1.165) is 28.8 Å². The van der Waals surface area contributed by atoms with Crippen molar-refractivity contribution in [3.05, 3.63) is 60.4 Å². The second kappa shape index (κ2) is 8.05. The Labute approximate surface area is 174 Å². The number of rotatable bonds is 6. The van der Waals surface area contributed by atoms with Crippen molar-refractivity contribution in [1.82, 2.24) is 19.9 Å². The maximum atomic E-state index is 12.9. The zero-order valence-electron chi connectivity index (χ0n) is 15.9. The van der Waals surface area contributed by atoms with Gasteiger partial charge in [-0.2, -0.15) is 13.2 Å². The van der Waals surface area contributed by atoms with Gasteiger partial charge in [-0.15, -0.1) is 0 Å². The number of benzene rings is 2. The number of hydrogen-bond donors (Lipinski definition) is 3. The lowest BCUT2D eigenvalue weighted by molar-refractivity contribution is -0.138. The fraction of sp³-hybridized carbons (Fsp3) is 0.143. The van der Waals surface area contributed by atoms with Gasteiger partial charge in [0.15, 0.2) is 0 Å². The van der Waals surface area contributed by atoms with E-state index in [1.54, 1.807) is 24.5 Å². The number of aliphatic carboxylic acids is 1. The minimum Gasteiger partial charge on any atom is -0.481 e. The summed E-state index contributed by atoms with van der Waals surface area (Å²) in [6.45, 7) is 0.228. The van der Waals surface area contributed by atoms with Gasteiger partial charge in [-0.3, -0.25) is 4.79 Å². The summed E-state index contributed by atoms with van der Waals surface area (Å²) in [7, 11) is 0. The van der Waals surface area contributed by atoms with Crippen LogP contribution in [0.25, 0.3) is 33.5 Å². The molecule has 10 heteroatoms. The minimum absolute atomic E-state index is 0.0358. The van der Waals surface area contributed by atoms with Gasteiger partial charge in [-0.25, -0.2) is 15.0 Å². The second-order valence-corrected chi connectivity index (χ2v) is 6.76. The van der Waals surface area contributed by atoms with Gasteiger partial charge in [0.1, 0.15) is 5.82 Å². The molecule has 0 unspecified atom stereocenters. The van der Waals surface area contributed by atoms with Gasteiger partial charge in [0, 0.05) is 30.1 Å². The summed E-state index contributed by atoms with van der Waals surface area (Å²) in [6, 6.07) is 10.7. The van der Waals surface area contributed by atoms with Crippen molar-refractivity contribution < 1.29 is 23.1 Å². The van der Waals surface area contributed by atoms with E-state index in [4.69, 9.17) is 5.11 Å². The number of nitrogens with zero attached hydrogens (tertiary/aromatic N) is 3. The Morgan fingerprint density at radius 1 is 1.00 bits per heavy atom. The van der Waals surface area contributed by atoms with Crippen molar-refractivity contribution in [2.45, 2.75) is 12.6 Å². The fourth-order valence-electron chi connectivity index (χ4n) is 2.99. The van der Waals surface area contributed by atoms with E-state index in [-0.39, 0.29) is 18.5 Å². The van der Waals surface area contributed by atoms with Crippen LogP contribution < -0.4 is 5.32 Å². The summed E-state index contributed by atoms with van der Waals surface area (Å²) in [6.07, 6.45) is -1.22. The molecular formula is C21H16F3N5O2. The highest BCUT2D eigenvalue weighted by Crippen LogP contribution is 2.32. The van der Waals surface area contributed by atoms with Crippen LogP contribution in [0.1, 0.15) is 12.0 Å². The molecule has 0 aliphatic heterocycles. The summed E-state index contributed by atoms with van der Waals surface area (Å²) in [4.78, 5) is 26.2. The Morgan fingerprint density at radius 3 is 2.32 bits per heavy atom. The van der Waals surface area contributed by atoms with Crippen LogP contribution in [0.2, 0.25) is 0 Å². The Bertz CT molecular complexity index is 1220. The van der Waals surface area contributed by atoms with E-state index < -0.39 is 17.7 Å². The van der Waals surface area contributed by atoms with E-state index in [0.29, 0.717) is 17.3 Å². The van der Waals surface area contributed by atoms with Gasteiger partial charge in [0.05, 0.1) is 23.0 Å². The molecule has 2 heterocycles. The number of carboxylic acids is 1. The lowest BCUT2D eigenvalue weighted by Crippen LogP contribution is -2.09. The van der Waals surface area contributed by atoms with E-state index in [9.17, 15) is 18.0 Å². The van der Waals surface area contributed by atoms with Crippen molar-refractivity contribution in [3.63, 3.8) is 0 Å². The molecule has 2 aromatic heterocycles. The largest absolute Gasteiger partial charge is 0.481 e. The lowest BCUT2D eigenvalue weighted by atomic mass is 10.1. The first kappa shape index (κ1) is 20.3. The molecule has 0 fully saturated rings. The third-order valence-corrected chi connectivity index (χ3v) is 4.58. The Balaban J connectivity index is 1.51. The van der Waals surface area contributed by atoms with Crippen LogP contribution in [0.3, 0.4) is 0 Å². The molecule has 7 nitrogen and oxygen atoms in total. The summed E-state index contributed by atoms with van der Waals surface area (Å²) in [5, 5.41) is 11.5. The minimum atomic E-state index is -4.42. The Hall–Kier alpha value is -3.95. The summed E-state index contributed by atoms with van der Waals surface area (Å²) in [5.74, 6) is -0.105. The number of imidazole rings is 1. The first-order valence-electron chi connectivity index (χ1n) is 9.25. The molecule has 0 atom stereocenters. The molecule has 0 aliphatic rings. The van der Waals surface area contributed by atoms with Gasteiger partial charge in [0.2, 0.25) is 5.95 Å². The van der Waals surface area contributed by atoms with Crippen molar-refractivity contribution in [2.24, 2.45) is 0 Å². The molecular weight excluding hydrogens is 411 g/mol. The average Bonchev–Trinajstić information content (AvgIpc) is 3.17. The third-order valence-electron chi connectivity index (χ3n) is 4.58. The highest BCUT2D eigenvalue weighted by molar-refractivity contribution is 5.80. The average molecular weight is 427 g/mol. The van der Waals surface area contributed by atoms with Gasteiger partial charge in [-0.1, -0.05) is 24.3 Å². The molecule has 31 heavy (non-hydrogen) atoms. The Morgan fingerprint density at radius 2 is 1.68 bits per heavy atom. The van der Waals surface area contributed by atoms with Crippen LogP contribution in [-0.2, 0) is 11.0 Å². The van der Waals surface area contributed by atoms with Crippen LogP contribution in [0.4, 0.5) is 19.1 Å². The monoisotopic (exact) mass is 427 g/mol. The molecule has 3 N–H and O–H groups in total. The number of alkyl halides is 3. The van der Waals surface area contributed by atoms with Crippen LogP contribution >= 0.6 is 0 Å². The fourth-order valence-corrected chi connectivity index (χ4v) is 2.99. The van der Waals surface area contributed by atoms with Crippen molar-refractivity contribution in [1.29, 1.82) is 0 Å². The Kier molecular flexibility index (Phi) is 5.28. The topological polar surface area (TPSA) is 104 Å². The van der Waals surface area contributed by atoms with E-state index in [1.165, 1.54) is 6.07 Å². The third kappa shape index (κ3) is 4.63. The SMILES string of the molecule is O=C(O)CCNc1ncc(-c2ccc(-c3nc4cc(C(F)(F)F)ccc4[nH]3)cc2)cn1. The molecule has 4 aromatic rings. The number of anilines is 1. The lowest BCUT2D eigenvalue weighted by Gasteiger charge is -2.05. The first-order chi connectivity index (χ1) is 14.8. The molecule has 0 amide bonds. The number of H-pyrrole nitrogens is 1. The normalized spacial score (nSPS) is 11.6. The van der Waals surface area contributed by atoms with Crippen LogP contribution in [0, 0.1) is 0 Å². The van der Waals surface area contributed by atoms with Crippen LogP contribution in [-0.4, -0.2) is 37.6 Å². The molecule has 4 rings (SSSR count). The second-order valence-electron chi connectivity index (χ2n) is 6.76. The number of carboxylic acid groups (broad SMARTS) is 1. The van der Waals surface area contributed by atoms with Crippen molar-refractivity contribution in [2.75, 3.05) is 11.9 Å². The first-order valence-corrected chi connectivity index (χ1v) is 9.25. The molecule has 0 saturated heterocycles. The number of aromatic nitrogens is 4. The maximum absolute atomic E-state index is 12.9. The number of nitrogens with one attached hydrogen (secondary N) is 2. The molecule has 0 bridgehead atoms. The summed E-state index contributed by atoms with van der Waals surface area (Å²) in [5.41, 5.74) is 2.35. The molecule has 0 aliphatic carbocycles. The number of aromatic amines is 1. The highest BCUT2D eigenvalue weighted by atomic mass is 19.4. The molecule has 158 valence electrons. The van der Waals surface area contributed by atoms with E-state index >= 15 is 0 Å². The van der Waals surface area contributed by atoms with Crippen LogP contribution in [0.5, 0.6) is 0 Å². The summed E-state index contributed by atoms with van der Waals surface area (Å²) < 4.78 is 38.7. The zero-order valence-corrected chi connectivity index (χ0v) is 15.9. The number of halogens is 3. The van der Waals surface area contributed by atoms with Gasteiger partial charge in [-0.05, 0) is 23.8 Å². The van der Waals surface area contributed by atoms with E-state index in [2.05, 4.69) is 25.3 Å². The maximum Gasteiger partial charge on any atom is 0.416 e. The number of hydrogen-bond acceptors (Lipinski definition) is 5. The van der Waals surface area contributed by atoms with E-state index in [1.807, 2.05) is 12.1 Å². The predicted molar refractivity (Wildman–Crippen MR) is 108 cm³/mol. The predicted octanol–water partition coefficient (Wildman–Crippen LogP) is 4.59. The van der Waals surface area contributed by atoms with Gasteiger partial charge >= 0.3 is 12.1 Å². The van der Waals surface area contributed by atoms with Gasteiger partial charge in [0.25, 0.3) is 0 Å².